The molecule has 26 heavy (non-hydrogen) atoms. The number of nitrogens with one attached hydrogen (secondary N) is 1. The molecule has 0 atom stereocenters. The molecule has 0 radical (unpaired) electrons. The molecular weight excluding hydrogens is 350 g/mol. The van der Waals surface area contributed by atoms with Gasteiger partial charge in [-0.3, -0.25) is 9.10 Å². The number of carbonyl (C=O) groups is 1. The summed E-state index contributed by atoms with van der Waals surface area (Å²) in [6, 6.07) is 14.2. The van der Waals surface area contributed by atoms with Crippen molar-refractivity contribution >= 4 is 27.3 Å². The highest BCUT2D eigenvalue weighted by Crippen LogP contribution is 2.24. The Labute approximate surface area is 154 Å². The Hall–Kier alpha value is -2.85. The highest BCUT2D eigenvalue weighted by molar-refractivity contribution is 7.92. The van der Waals surface area contributed by atoms with Gasteiger partial charge in [0.05, 0.1) is 23.2 Å². The summed E-state index contributed by atoms with van der Waals surface area (Å²) < 4.78 is 25.7. The van der Waals surface area contributed by atoms with Gasteiger partial charge in [0.15, 0.2) is 0 Å². The zero-order chi connectivity index (χ0) is 19.3. The number of nitriles is 1. The molecule has 0 bridgehead atoms. The van der Waals surface area contributed by atoms with E-state index in [2.05, 4.69) is 5.32 Å². The van der Waals surface area contributed by atoms with Crippen LogP contribution in [0.2, 0.25) is 0 Å². The SMILES string of the molecule is Cc1ccc(C)c(N(CCC(=O)Nc2ccccc2C#N)S(C)(=O)=O)c1. The Balaban J connectivity index is 2.17. The van der Waals surface area contributed by atoms with E-state index in [0.717, 1.165) is 17.4 Å². The van der Waals surface area contributed by atoms with Crippen LogP contribution in [0, 0.1) is 25.2 Å². The van der Waals surface area contributed by atoms with Crippen LogP contribution in [-0.2, 0) is 14.8 Å². The molecule has 0 aromatic heterocycles. The highest BCUT2D eigenvalue weighted by Gasteiger charge is 2.20. The van der Waals surface area contributed by atoms with Crippen molar-refractivity contribution in [2.24, 2.45) is 0 Å². The molecule has 0 unspecified atom stereocenters. The number of anilines is 2. The summed E-state index contributed by atoms with van der Waals surface area (Å²) in [5.41, 5.74) is 3.09. The third-order valence-corrected chi connectivity index (χ3v) is 5.08. The zero-order valence-corrected chi connectivity index (χ0v) is 15.8. The molecule has 1 N–H and O–H groups in total. The first-order valence-electron chi connectivity index (χ1n) is 8.06. The van der Waals surface area contributed by atoms with Crippen LogP contribution in [0.15, 0.2) is 42.5 Å². The van der Waals surface area contributed by atoms with E-state index in [1.165, 1.54) is 4.31 Å². The first-order valence-corrected chi connectivity index (χ1v) is 9.91. The zero-order valence-electron chi connectivity index (χ0n) is 15.0. The molecule has 0 spiro atoms. The van der Waals surface area contributed by atoms with E-state index in [1.807, 2.05) is 32.0 Å². The maximum absolute atomic E-state index is 12.3. The van der Waals surface area contributed by atoms with Gasteiger partial charge in [-0.2, -0.15) is 5.26 Å². The van der Waals surface area contributed by atoms with E-state index >= 15 is 0 Å². The molecule has 136 valence electrons. The third kappa shape index (κ3) is 4.83. The Kier molecular flexibility index (Phi) is 6.01. The number of carbonyl (C=O) groups excluding carboxylic acids is 1. The molecule has 0 saturated heterocycles. The van der Waals surface area contributed by atoms with E-state index in [-0.39, 0.29) is 18.9 Å². The van der Waals surface area contributed by atoms with Crippen molar-refractivity contribution < 1.29 is 13.2 Å². The van der Waals surface area contributed by atoms with Crippen LogP contribution in [0.5, 0.6) is 0 Å². The van der Waals surface area contributed by atoms with Gasteiger partial charge in [0.2, 0.25) is 15.9 Å². The van der Waals surface area contributed by atoms with Crippen molar-refractivity contribution in [3.05, 3.63) is 59.2 Å². The van der Waals surface area contributed by atoms with Gasteiger partial charge in [0.1, 0.15) is 6.07 Å². The molecule has 0 aliphatic carbocycles. The van der Waals surface area contributed by atoms with Gasteiger partial charge in [0.25, 0.3) is 0 Å². The maximum Gasteiger partial charge on any atom is 0.232 e. The molecule has 2 aromatic rings. The van der Waals surface area contributed by atoms with Crippen LogP contribution in [-0.4, -0.2) is 27.1 Å². The summed E-state index contributed by atoms with van der Waals surface area (Å²) in [5.74, 6) is -0.355. The molecule has 0 heterocycles. The van der Waals surface area contributed by atoms with Gasteiger partial charge in [-0.15, -0.1) is 0 Å². The normalized spacial score (nSPS) is 10.8. The number of para-hydroxylation sites is 1. The summed E-state index contributed by atoms with van der Waals surface area (Å²) in [6.45, 7) is 3.73. The van der Waals surface area contributed by atoms with Crippen LogP contribution < -0.4 is 9.62 Å². The molecule has 0 fully saturated rings. The lowest BCUT2D eigenvalue weighted by Crippen LogP contribution is -2.33. The molecule has 0 aliphatic heterocycles. The van der Waals surface area contributed by atoms with Crippen LogP contribution in [0.25, 0.3) is 0 Å². The number of aryl methyl sites for hydroxylation is 2. The van der Waals surface area contributed by atoms with E-state index < -0.39 is 10.0 Å². The van der Waals surface area contributed by atoms with Gasteiger partial charge in [-0.25, -0.2) is 8.42 Å². The number of amides is 1. The Morgan fingerprint density at radius 2 is 1.88 bits per heavy atom. The molecule has 0 aliphatic rings. The average Bonchev–Trinajstić information content (AvgIpc) is 2.57. The van der Waals surface area contributed by atoms with E-state index in [4.69, 9.17) is 5.26 Å². The number of rotatable bonds is 6. The van der Waals surface area contributed by atoms with Crippen LogP contribution in [0.4, 0.5) is 11.4 Å². The number of hydrogen-bond acceptors (Lipinski definition) is 4. The molecular formula is C19H21N3O3S. The first kappa shape index (κ1) is 19.5. The first-order chi connectivity index (χ1) is 12.2. The Bertz CT molecular complexity index is 962. The van der Waals surface area contributed by atoms with Crippen LogP contribution in [0.3, 0.4) is 0 Å². The van der Waals surface area contributed by atoms with Gasteiger partial charge < -0.3 is 5.32 Å². The minimum absolute atomic E-state index is 0.0175. The smallest absolute Gasteiger partial charge is 0.232 e. The fourth-order valence-electron chi connectivity index (χ4n) is 2.56. The summed E-state index contributed by atoms with van der Waals surface area (Å²) in [5, 5.41) is 11.7. The van der Waals surface area contributed by atoms with E-state index in [9.17, 15) is 13.2 Å². The number of benzene rings is 2. The average molecular weight is 371 g/mol. The predicted octanol–water partition coefficient (Wildman–Crippen LogP) is 2.97. The summed E-state index contributed by atoms with van der Waals surface area (Å²) in [7, 11) is -3.54. The third-order valence-electron chi connectivity index (χ3n) is 3.90. The predicted molar refractivity (Wildman–Crippen MR) is 103 cm³/mol. The van der Waals surface area contributed by atoms with E-state index in [0.29, 0.717) is 16.9 Å². The second-order valence-electron chi connectivity index (χ2n) is 6.08. The number of sulfonamides is 1. The maximum atomic E-state index is 12.3. The quantitative estimate of drug-likeness (QED) is 0.845. The minimum atomic E-state index is -3.54. The van der Waals surface area contributed by atoms with Crippen molar-refractivity contribution in [3.8, 4) is 6.07 Å². The molecule has 6 nitrogen and oxygen atoms in total. The Morgan fingerprint density at radius 3 is 2.54 bits per heavy atom. The molecule has 2 rings (SSSR count). The summed E-state index contributed by atoms with van der Waals surface area (Å²) >= 11 is 0. The molecule has 1 amide bonds. The van der Waals surface area contributed by atoms with Crippen molar-refractivity contribution in [2.45, 2.75) is 20.3 Å². The van der Waals surface area contributed by atoms with Gasteiger partial charge in [-0.05, 0) is 43.2 Å². The second kappa shape index (κ2) is 8.02. The highest BCUT2D eigenvalue weighted by atomic mass is 32.2. The summed E-state index contributed by atoms with van der Waals surface area (Å²) in [6.07, 6.45) is 1.10. The fraction of sp³-hybridized carbons (Fsp3) is 0.263. The van der Waals surface area contributed by atoms with Crippen molar-refractivity contribution in [1.29, 1.82) is 5.26 Å². The standard InChI is InChI=1S/C19H21N3O3S/c1-14-8-9-15(2)18(12-14)22(26(3,24)25)11-10-19(23)21-17-7-5-4-6-16(17)13-20/h4-9,12H,10-11H2,1-3H3,(H,21,23). The molecule has 0 saturated carbocycles. The topological polar surface area (TPSA) is 90.3 Å². The fourth-order valence-corrected chi connectivity index (χ4v) is 3.54. The lowest BCUT2D eigenvalue weighted by Gasteiger charge is -2.24. The van der Waals surface area contributed by atoms with E-state index in [1.54, 1.807) is 30.3 Å². The monoisotopic (exact) mass is 371 g/mol. The second-order valence-corrected chi connectivity index (χ2v) is 7.99. The summed E-state index contributed by atoms with van der Waals surface area (Å²) in [4.78, 5) is 12.3. The largest absolute Gasteiger partial charge is 0.325 e. The van der Waals surface area contributed by atoms with Gasteiger partial charge in [0, 0.05) is 13.0 Å². The van der Waals surface area contributed by atoms with Crippen LogP contribution in [0.1, 0.15) is 23.1 Å². The number of hydrogen-bond donors (Lipinski definition) is 1. The molecule has 2 aromatic carbocycles. The lowest BCUT2D eigenvalue weighted by molar-refractivity contribution is -0.116. The van der Waals surface area contributed by atoms with Crippen LogP contribution >= 0.6 is 0 Å². The van der Waals surface area contributed by atoms with Gasteiger partial charge in [-0.1, -0.05) is 24.3 Å². The minimum Gasteiger partial charge on any atom is -0.325 e. The Morgan fingerprint density at radius 1 is 1.19 bits per heavy atom. The lowest BCUT2D eigenvalue weighted by atomic mass is 10.1. The van der Waals surface area contributed by atoms with Gasteiger partial charge >= 0.3 is 0 Å². The number of nitrogens with zero attached hydrogens (tertiary/aromatic N) is 2. The molecule has 7 heteroatoms. The van der Waals surface area contributed by atoms with Crippen molar-refractivity contribution in [3.63, 3.8) is 0 Å². The van der Waals surface area contributed by atoms with Crippen molar-refractivity contribution in [2.75, 3.05) is 22.4 Å². The van der Waals surface area contributed by atoms with Crippen molar-refractivity contribution in [1.82, 2.24) is 0 Å².